The molecular formula is C25H42O4Si. The van der Waals surface area contributed by atoms with Crippen LogP contribution in [0, 0.1) is 35.5 Å². The van der Waals surface area contributed by atoms with Gasteiger partial charge in [0.2, 0.25) is 0 Å². The van der Waals surface area contributed by atoms with Crippen molar-refractivity contribution in [1.29, 1.82) is 0 Å². The van der Waals surface area contributed by atoms with Crippen LogP contribution in [0.1, 0.15) is 72.1 Å². The number of ether oxygens (including phenoxy) is 2. The smallest absolute Gasteiger partial charge is 0.193 e. The largest absolute Gasteiger partial charge is 0.403 e. The molecule has 3 aliphatic carbocycles. The highest BCUT2D eigenvalue weighted by Crippen LogP contribution is 2.57. The van der Waals surface area contributed by atoms with Gasteiger partial charge in [0.15, 0.2) is 14.1 Å². The fraction of sp³-hybridized carbons (Fsp3) is 0.920. The molecule has 4 nitrogen and oxygen atoms in total. The van der Waals surface area contributed by atoms with Crippen LogP contribution in [0.25, 0.3) is 0 Å². The predicted octanol–water partition coefficient (Wildman–Crippen LogP) is 5.11. The van der Waals surface area contributed by atoms with Gasteiger partial charge in [0.25, 0.3) is 0 Å². The number of aliphatic hydroxyl groups is 1. The van der Waals surface area contributed by atoms with Crippen LogP contribution in [0.3, 0.4) is 0 Å². The van der Waals surface area contributed by atoms with Gasteiger partial charge in [0.1, 0.15) is 6.10 Å². The molecule has 0 unspecified atom stereocenters. The van der Waals surface area contributed by atoms with E-state index in [4.69, 9.17) is 13.9 Å². The van der Waals surface area contributed by atoms with Crippen molar-refractivity contribution in [3.05, 3.63) is 0 Å². The van der Waals surface area contributed by atoms with Gasteiger partial charge in [-0.05, 0) is 55.7 Å². The van der Waals surface area contributed by atoms with E-state index in [1.54, 1.807) is 0 Å². The van der Waals surface area contributed by atoms with Gasteiger partial charge in [-0.25, -0.2) is 0 Å². The van der Waals surface area contributed by atoms with Gasteiger partial charge in [-0.1, -0.05) is 51.9 Å². The van der Waals surface area contributed by atoms with Crippen molar-refractivity contribution in [1.82, 2.24) is 0 Å². The summed E-state index contributed by atoms with van der Waals surface area (Å²) in [5.74, 6) is 8.13. The SMILES string of the molecule is CC(C)(C)[Si](C)(C)O[C@H](C#C[C@@H]1[C@H]2CC3(OCCO3)[C@H]2CC[C@H]1O)C1CCCCC1. The Hall–Kier alpha value is -0.383. The molecule has 30 heavy (non-hydrogen) atoms. The fourth-order valence-corrected chi connectivity index (χ4v) is 7.01. The van der Waals surface area contributed by atoms with Crippen LogP contribution >= 0.6 is 0 Å². The van der Waals surface area contributed by atoms with Crippen molar-refractivity contribution >= 4 is 8.32 Å². The molecule has 0 bridgehead atoms. The molecule has 1 saturated heterocycles. The number of hydrogen-bond donors (Lipinski definition) is 1. The molecule has 4 aliphatic rings. The van der Waals surface area contributed by atoms with E-state index in [-0.39, 0.29) is 29.0 Å². The molecule has 5 atom stereocenters. The third-order valence-corrected chi connectivity index (χ3v) is 13.2. The Morgan fingerprint density at radius 1 is 1.03 bits per heavy atom. The van der Waals surface area contributed by atoms with Gasteiger partial charge in [0, 0.05) is 18.3 Å². The second-order valence-electron chi connectivity index (χ2n) is 11.6. The van der Waals surface area contributed by atoms with E-state index in [0.29, 0.717) is 31.0 Å². The Labute approximate surface area is 184 Å². The molecule has 0 aromatic rings. The zero-order chi connectivity index (χ0) is 21.6. The van der Waals surface area contributed by atoms with E-state index in [0.717, 1.165) is 19.3 Å². The lowest BCUT2D eigenvalue weighted by atomic mass is 9.56. The molecule has 1 heterocycles. The maximum atomic E-state index is 10.8. The zero-order valence-electron chi connectivity index (χ0n) is 19.7. The number of rotatable bonds is 3. The highest BCUT2D eigenvalue weighted by atomic mass is 28.4. The van der Waals surface area contributed by atoms with Gasteiger partial charge >= 0.3 is 0 Å². The van der Waals surface area contributed by atoms with Crippen LogP contribution in [-0.2, 0) is 13.9 Å². The molecule has 4 rings (SSSR count). The monoisotopic (exact) mass is 434 g/mol. The molecule has 170 valence electrons. The first-order valence-corrected chi connectivity index (χ1v) is 15.2. The predicted molar refractivity (Wildman–Crippen MR) is 121 cm³/mol. The van der Waals surface area contributed by atoms with Crippen molar-refractivity contribution < 1.29 is 19.0 Å². The molecule has 0 aromatic heterocycles. The van der Waals surface area contributed by atoms with E-state index < -0.39 is 8.32 Å². The highest BCUT2D eigenvalue weighted by Gasteiger charge is 2.62. The van der Waals surface area contributed by atoms with Crippen LogP contribution in [-0.4, -0.2) is 44.6 Å². The lowest BCUT2D eigenvalue weighted by molar-refractivity contribution is -0.296. The minimum atomic E-state index is -1.90. The minimum Gasteiger partial charge on any atom is -0.403 e. The van der Waals surface area contributed by atoms with Crippen LogP contribution < -0.4 is 0 Å². The van der Waals surface area contributed by atoms with Gasteiger partial charge in [-0.2, -0.15) is 0 Å². The molecule has 1 spiro atoms. The Kier molecular flexibility index (Phi) is 6.47. The van der Waals surface area contributed by atoms with Crippen molar-refractivity contribution in [3.63, 3.8) is 0 Å². The van der Waals surface area contributed by atoms with Gasteiger partial charge in [-0.15, -0.1) is 0 Å². The van der Waals surface area contributed by atoms with E-state index in [2.05, 4.69) is 45.7 Å². The van der Waals surface area contributed by atoms with Crippen LogP contribution in [0.2, 0.25) is 18.1 Å². The average molecular weight is 435 g/mol. The van der Waals surface area contributed by atoms with Crippen LogP contribution in [0.15, 0.2) is 0 Å². The van der Waals surface area contributed by atoms with Crippen LogP contribution in [0.4, 0.5) is 0 Å². The number of fused-ring (bicyclic) bond motifs is 2. The standard InChI is InChI=1S/C25H42O4Si/c1-24(2,3)30(4,5)29-23(18-9-7-6-8-10-18)14-11-19-20-17-25(27-15-16-28-25)21(20)12-13-22(19)26/h18-23,26H,6-10,12-13,15-17H2,1-5H3/t19-,20-,21+,22-,23-/m1/s1. The Bertz CT molecular complexity index is 661. The maximum absolute atomic E-state index is 10.8. The quantitative estimate of drug-likeness (QED) is 0.495. The maximum Gasteiger partial charge on any atom is 0.193 e. The summed E-state index contributed by atoms with van der Waals surface area (Å²) in [6.45, 7) is 13.0. The summed E-state index contributed by atoms with van der Waals surface area (Å²) in [6.07, 6.45) is 8.69. The van der Waals surface area contributed by atoms with E-state index in [1.165, 1.54) is 32.1 Å². The average Bonchev–Trinajstić information content (AvgIpc) is 3.17. The lowest BCUT2D eigenvalue weighted by Crippen LogP contribution is -2.60. The zero-order valence-corrected chi connectivity index (χ0v) is 20.7. The third-order valence-electron chi connectivity index (χ3n) is 8.73. The molecule has 4 fully saturated rings. The molecule has 0 aromatic carbocycles. The highest BCUT2D eigenvalue weighted by molar-refractivity contribution is 6.74. The number of aliphatic hydroxyl groups excluding tert-OH is 1. The molecule has 1 aliphatic heterocycles. The summed E-state index contributed by atoms with van der Waals surface area (Å²) in [5.41, 5.74) is 0. The Morgan fingerprint density at radius 3 is 2.33 bits per heavy atom. The van der Waals surface area contributed by atoms with Crippen molar-refractivity contribution in [2.45, 2.75) is 108 Å². The first-order valence-electron chi connectivity index (χ1n) is 12.3. The second-order valence-corrected chi connectivity index (χ2v) is 16.4. The summed E-state index contributed by atoms with van der Waals surface area (Å²) >= 11 is 0. The molecule has 5 heteroatoms. The summed E-state index contributed by atoms with van der Waals surface area (Å²) in [5, 5.41) is 11.0. The van der Waals surface area contributed by atoms with Crippen molar-refractivity contribution in [3.8, 4) is 11.8 Å². The molecular weight excluding hydrogens is 392 g/mol. The topological polar surface area (TPSA) is 47.9 Å². The molecule has 0 radical (unpaired) electrons. The van der Waals surface area contributed by atoms with Gasteiger partial charge < -0.3 is 19.0 Å². The van der Waals surface area contributed by atoms with E-state index in [1.807, 2.05) is 0 Å². The second kappa shape index (κ2) is 8.52. The van der Waals surface area contributed by atoms with Gasteiger partial charge in [-0.3, -0.25) is 0 Å². The first kappa shape index (κ1) is 22.8. The van der Waals surface area contributed by atoms with Crippen molar-refractivity contribution in [2.75, 3.05) is 13.2 Å². The summed E-state index contributed by atoms with van der Waals surface area (Å²) in [6, 6.07) is 0. The first-order chi connectivity index (χ1) is 14.1. The third kappa shape index (κ3) is 4.28. The van der Waals surface area contributed by atoms with E-state index in [9.17, 15) is 5.11 Å². The minimum absolute atomic E-state index is 0.00628. The normalized spacial score (nSPS) is 35.3. The molecule has 3 saturated carbocycles. The molecule has 0 amide bonds. The van der Waals surface area contributed by atoms with Crippen molar-refractivity contribution in [2.24, 2.45) is 23.7 Å². The van der Waals surface area contributed by atoms with Crippen LogP contribution in [0.5, 0.6) is 0 Å². The lowest BCUT2D eigenvalue weighted by Gasteiger charge is -2.56. The Morgan fingerprint density at radius 2 is 1.70 bits per heavy atom. The summed E-state index contributed by atoms with van der Waals surface area (Å²) < 4.78 is 18.8. The van der Waals surface area contributed by atoms with E-state index >= 15 is 0 Å². The fourth-order valence-electron chi connectivity index (χ4n) is 5.77. The summed E-state index contributed by atoms with van der Waals surface area (Å²) in [4.78, 5) is 0. The Balaban J connectivity index is 1.52. The van der Waals surface area contributed by atoms with Gasteiger partial charge in [0.05, 0.1) is 19.3 Å². The molecule has 1 N–H and O–H groups in total. The summed E-state index contributed by atoms with van der Waals surface area (Å²) in [7, 11) is -1.90. The number of hydrogen-bond acceptors (Lipinski definition) is 4.